The van der Waals surface area contributed by atoms with Crippen molar-refractivity contribution in [1.29, 1.82) is 0 Å². The highest BCUT2D eigenvalue weighted by Crippen LogP contribution is 2.07. The Morgan fingerprint density at radius 2 is 1.58 bits per heavy atom. The van der Waals surface area contributed by atoms with Crippen LogP contribution in [0, 0.1) is 5.92 Å². The summed E-state index contributed by atoms with van der Waals surface area (Å²) in [7, 11) is 0. The quantitative estimate of drug-likeness (QED) is 0.204. The van der Waals surface area contributed by atoms with Crippen molar-refractivity contribution in [1.82, 2.24) is 16.0 Å². The van der Waals surface area contributed by atoms with Crippen LogP contribution in [0.3, 0.4) is 0 Å². The number of carboxylic acid groups (broad SMARTS) is 1. The molecule has 9 nitrogen and oxygen atoms in total. The fraction of sp³-hybridized carbons (Fsp3) is 0.545. The highest BCUT2D eigenvalue weighted by atomic mass is 32.2. The minimum atomic E-state index is -1.17. The first-order chi connectivity index (χ1) is 15.6. The number of hydrogen-bond donors (Lipinski definition) is 6. The van der Waals surface area contributed by atoms with E-state index < -0.39 is 47.9 Å². The maximum absolute atomic E-state index is 13.0. The summed E-state index contributed by atoms with van der Waals surface area (Å²) in [4.78, 5) is 49.6. The van der Waals surface area contributed by atoms with Crippen molar-refractivity contribution in [2.45, 2.75) is 50.9 Å². The number of carbonyl (C=O) groups excluding carboxylic acids is 3. The largest absolute Gasteiger partial charge is 0.480 e. The van der Waals surface area contributed by atoms with Crippen LogP contribution in [0.2, 0.25) is 0 Å². The molecule has 184 valence electrons. The van der Waals surface area contributed by atoms with Crippen LogP contribution in [0.4, 0.5) is 0 Å². The van der Waals surface area contributed by atoms with Crippen LogP contribution in [0.5, 0.6) is 0 Å². The summed E-state index contributed by atoms with van der Waals surface area (Å²) in [6.45, 7) is 3.33. The van der Waals surface area contributed by atoms with Gasteiger partial charge in [-0.2, -0.15) is 24.4 Å². The van der Waals surface area contributed by atoms with Crippen molar-refractivity contribution in [3.63, 3.8) is 0 Å². The SMILES string of the molecule is CSCCC(N)C(=O)NC(Cc1ccccc1)C(=O)NC(CS)C(=O)NC(C(=O)O)C(C)C. The van der Waals surface area contributed by atoms with Gasteiger partial charge in [0.1, 0.15) is 18.1 Å². The van der Waals surface area contributed by atoms with Gasteiger partial charge in [0.25, 0.3) is 0 Å². The van der Waals surface area contributed by atoms with Crippen molar-refractivity contribution in [3.05, 3.63) is 35.9 Å². The Morgan fingerprint density at radius 1 is 1.00 bits per heavy atom. The number of carboxylic acids is 1. The standard InChI is InChI=1S/C22H34N4O5S2/c1-13(2)18(22(30)31)26-21(29)17(12-32)25-20(28)16(11-14-7-5-4-6-8-14)24-19(27)15(23)9-10-33-3/h4-8,13,15-18,32H,9-12,23H2,1-3H3,(H,24,27)(H,25,28)(H,26,29)(H,30,31). The molecule has 0 bridgehead atoms. The van der Waals surface area contributed by atoms with Crippen molar-refractivity contribution >= 4 is 48.1 Å². The van der Waals surface area contributed by atoms with E-state index in [2.05, 4.69) is 28.6 Å². The number of benzene rings is 1. The topological polar surface area (TPSA) is 151 Å². The van der Waals surface area contributed by atoms with Crippen LogP contribution in [0.1, 0.15) is 25.8 Å². The number of hydrogen-bond acceptors (Lipinski definition) is 7. The first-order valence-corrected chi connectivity index (χ1v) is 12.7. The molecule has 0 saturated carbocycles. The van der Waals surface area contributed by atoms with E-state index in [1.165, 1.54) is 0 Å². The molecule has 0 saturated heterocycles. The number of nitrogens with one attached hydrogen (secondary N) is 3. The number of aliphatic carboxylic acids is 1. The summed E-state index contributed by atoms with van der Waals surface area (Å²) in [6.07, 6.45) is 2.56. The summed E-state index contributed by atoms with van der Waals surface area (Å²) in [5, 5.41) is 17.0. The maximum Gasteiger partial charge on any atom is 0.326 e. The molecule has 4 unspecified atom stereocenters. The smallest absolute Gasteiger partial charge is 0.326 e. The Labute approximate surface area is 204 Å². The molecule has 0 aliphatic rings. The third-order valence-corrected chi connectivity index (χ3v) is 5.94. The van der Waals surface area contributed by atoms with Gasteiger partial charge in [0.05, 0.1) is 6.04 Å². The van der Waals surface area contributed by atoms with Gasteiger partial charge in [-0.25, -0.2) is 4.79 Å². The zero-order chi connectivity index (χ0) is 25.0. The molecule has 11 heteroatoms. The van der Waals surface area contributed by atoms with Crippen molar-refractivity contribution in [2.75, 3.05) is 17.8 Å². The predicted molar refractivity (Wildman–Crippen MR) is 133 cm³/mol. The third-order valence-electron chi connectivity index (χ3n) is 4.93. The van der Waals surface area contributed by atoms with Crippen LogP contribution in [0.15, 0.2) is 30.3 Å². The van der Waals surface area contributed by atoms with Gasteiger partial charge in [-0.3, -0.25) is 14.4 Å². The average Bonchev–Trinajstić information content (AvgIpc) is 2.78. The highest BCUT2D eigenvalue weighted by Gasteiger charge is 2.30. The van der Waals surface area contributed by atoms with Gasteiger partial charge < -0.3 is 26.8 Å². The van der Waals surface area contributed by atoms with E-state index in [1.54, 1.807) is 25.6 Å². The Kier molecular flexibility index (Phi) is 12.9. The molecule has 4 atom stereocenters. The van der Waals surface area contributed by atoms with E-state index in [-0.39, 0.29) is 18.1 Å². The van der Waals surface area contributed by atoms with Crippen LogP contribution in [0.25, 0.3) is 0 Å². The summed E-state index contributed by atoms with van der Waals surface area (Å²) in [5.41, 5.74) is 6.76. The van der Waals surface area contributed by atoms with Crippen LogP contribution < -0.4 is 21.7 Å². The van der Waals surface area contributed by atoms with Crippen LogP contribution in [-0.2, 0) is 25.6 Å². The van der Waals surface area contributed by atoms with Crippen molar-refractivity contribution in [3.8, 4) is 0 Å². The summed E-state index contributed by atoms with van der Waals surface area (Å²) >= 11 is 5.70. The van der Waals surface area contributed by atoms with E-state index in [0.29, 0.717) is 12.2 Å². The highest BCUT2D eigenvalue weighted by molar-refractivity contribution is 7.98. The third kappa shape index (κ3) is 10.1. The van der Waals surface area contributed by atoms with Gasteiger partial charge in [-0.1, -0.05) is 44.2 Å². The van der Waals surface area contributed by atoms with Crippen LogP contribution in [-0.4, -0.2) is 70.7 Å². The van der Waals surface area contributed by atoms with E-state index in [4.69, 9.17) is 5.73 Å². The molecule has 0 fully saturated rings. The zero-order valence-corrected chi connectivity index (χ0v) is 20.8. The zero-order valence-electron chi connectivity index (χ0n) is 19.1. The number of thioether (sulfide) groups is 1. The Bertz CT molecular complexity index is 794. The molecule has 0 aliphatic heterocycles. The molecular formula is C22H34N4O5S2. The molecule has 0 aliphatic carbocycles. The number of nitrogens with two attached hydrogens (primary N) is 1. The molecule has 1 rings (SSSR count). The van der Waals surface area contributed by atoms with Gasteiger partial charge in [-0.15, -0.1) is 0 Å². The predicted octanol–water partition coefficient (Wildman–Crippen LogP) is 0.434. The minimum Gasteiger partial charge on any atom is -0.480 e. The lowest BCUT2D eigenvalue weighted by atomic mass is 10.0. The molecule has 33 heavy (non-hydrogen) atoms. The van der Waals surface area contributed by atoms with Gasteiger partial charge >= 0.3 is 5.97 Å². The summed E-state index contributed by atoms with van der Waals surface area (Å²) in [6, 6.07) is 5.19. The molecule has 0 heterocycles. The second-order valence-corrected chi connectivity index (χ2v) is 9.30. The normalized spacial score (nSPS) is 14.6. The summed E-state index contributed by atoms with van der Waals surface area (Å²) < 4.78 is 0. The number of thiol groups is 1. The molecular weight excluding hydrogens is 464 g/mol. The van der Waals surface area contributed by atoms with E-state index in [9.17, 15) is 24.3 Å². The Hall–Kier alpha value is -2.24. The second-order valence-electron chi connectivity index (χ2n) is 7.95. The molecule has 0 radical (unpaired) electrons. The fourth-order valence-electron chi connectivity index (χ4n) is 2.95. The van der Waals surface area contributed by atoms with Crippen LogP contribution >= 0.6 is 24.4 Å². The average molecular weight is 499 g/mol. The fourth-order valence-corrected chi connectivity index (χ4v) is 3.69. The van der Waals surface area contributed by atoms with Gasteiger partial charge in [-0.05, 0) is 29.9 Å². The molecule has 1 aromatic rings. The monoisotopic (exact) mass is 498 g/mol. The summed E-state index contributed by atoms with van der Waals surface area (Å²) in [5.74, 6) is -2.59. The second kappa shape index (κ2) is 14.8. The van der Waals surface area contributed by atoms with Crippen molar-refractivity contribution in [2.24, 2.45) is 11.7 Å². The molecule has 0 aromatic heterocycles. The Balaban J connectivity index is 2.96. The van der Waals surface area contributed by atoms with Gasteiger partial charge in [0.15, 0.2) is 0 Å². The van der Waals surface area contributed by atoms with E-state index in [0.717, 1.165) is 5.56 Å². The molecule has 1 aromatic carbocycles. The maximum atomic E-state index is 13.0. The lowest BCUT2D eigenvalue weighted by Crippen LogP contribution is -2.58. The van der Waals surface area contributed by atoms with Gasteiger partial charge in [0, 0.05) is 12.2 Å². The minimum absolute atomic E-state index is 0.0543. The molecule has 0 spiro atoms. The first kappa shape index (κ1) is 28.8. The number of carbonyl (C=O) groups is 4. The van der Waals surface area contributed by atoms with E-state index in [1.807, 2.05) is 36.6 Å². The Morgan fingerprint density at radius 3 is 2.09 bits per heavy atom. The van der Waals surface area contributed by atoms with Gasteiger partial charge in [0.2, 0.25) is 17.7 Å². The molecule has 3 amide bonds. The lowest BCUT2D eigenvalue weighted by Gasteiger charge is -2.25. The van der Waals surface area contributed by atoms with E-state index >= 15 is 0 Å². The lowest BCUT2D eigenvalue weighted by molar-refractivity contribution is -0.143. The number of rotatable bonds is 14. The van der Waals surface area contributed by atoms with Crippen molar-refractivity contribution < 1.29 is 24.3 Å². The first-order valence-electron chi connectivity index (χ1n) is 10.6. The number of amides is 3. The molecule has 6 N–H and O–H groups in total.